The van der Waals surface area contributed by atoms with Crippen LogP contribution >= 0.6 is 0 Å². The third-order valence-electron chi connectivity index (χ3n) is 2.97. The number of rotatable bonds is 8. The summed E-state index contributed by atoms with van der Waals surface area (Å²) in [5.74, 6) is -0.798. The number of esters is 1. The lowest BCUT2D eigenvalue weighted by molar-refractivity contribution is -0.147. The highest BCUT2D eigenvalue weighted by molar-refractivity contribution is 5.85. The number of nitrogens with one attached hydrogen (secondary N) is 1. The van der Waals surface area contributed by atoms with Gasteiger partial charge >= 0.3 is 5.97 Å². The lowest BCUT2D eigenvalue weighted by Gasteiger charge is -2.19. The van der Waals surface area contributed by atoms with Crippen LogP contribution in [0.3, 0.4) is 0 Å². The zero-order valence-corrected chi connectivity index (χ0v) is 12.4. The first-order valence-electron chi connectivity index (χ1n) is 6.86. The van der Waals surface area contributed by atoms with Gasteiger partial charge in [-0.25, -0.2) is 4.79 Å². The minimum atomic E-state index is -0.825. The number of carbonyl (C=O) groups excluding carboxylic acids is 2. The number of hydrogen-bond donors (Lipinski definition) is 2. The molecule has 0 saturated heterocycles. The quantitative estimate of drug-likeness (QED) is 0.691. The topological polar surface area (TPSA) is 90.7 Å². The monoisotopic (exact) mass is 294 g/mol. The summed E-state index contributed by atoms with van der Waals surface area (Å²) in [6.45, 7) is 2.21. The fraction of sp³-hybridized carbons (Fsp3) is 0.467. The van der Waals surface area contributed by atoms with Crippen molar-refractivity contribution in [2.75, 3.05) is 20.3 Å². The van der Waals surface area contributed by atoms with Gasteiger partial charge in [0.1, 0.15) is 0 Å². The maximum Gasteiger partial charge on any atom is 0.333 e. The lowest BCUT2D eigenvalue weighted by Crippen LogP contribution is -2.38. The summed E-state index contributed by atoms with van der Waals surface area (Å²) >= 11 is 0. The fourth-order valence-electron chi connectivity index (χ4n) is 1.84. The molecule has 0 aliphatic rings. The Balaban J connectivity index is 2.78. The van der Waals surface area contributed by atoms with E-state index in [2.05, 4.69) is 5.32 Å². The summed E-state index contributed by atoms with van der Waals surface area (Å²) in [6, 6.07) is 8.13. The maximum absolute atomic E-state index is 12.0. The van der Waals surface area contributed by atoms with Crippen molar-refractivity contribution in [3.8, 4) is 0 Å². The summed E-state index contributed by atoms with van der Waals surface area (Å²) in [5.41, 5.74) is 6.16. The van der Waals surface area contributed by atoms with Crippen molar-refractivity contribution in [1.82, 2.24) is 5.32 Å². The van der Waals surface area contributed by atoms with E-state index in [1.54, 1.807) is 31.2 Å². The number of hydrogen-bond acceptors (Lipinski definition) is 5. The number of amides is 1. The standard InChI is InChI=1S/C15H22N2O4/c1-3-21-15(19)14(11-7-5-4-6-8-11)17-13(18)9-12(10-16)20-2/h4-8,12,14H,3,9-10,16H2,1-2H3,(H,17,18)/t12?,14-/m1/s1. The van der Waals surface area contributed by atoms with Gasteiger partial charge in [-0.2, -0.15) is 0 Å². The molecule has 0 spiro atoms. The highest BCUT2D eigenvalue weighted by Gasteiger charge is 2.24. The molecule has 3 N–H and O–H groups in total. The normalized spacial score (nSPS) is 13.3. The lowest BCUT2D eigenvalue weighted by atomic mass is 10.1. The molecule has 116 valence electrons. The molecule has 6 nitrogen and oxygen atoms in total. The van der Waals surface area contributed by atoms with Gasteiger partial charge in [0.2, 0.25) is 5.91 Å². The predicted octanol–water partition coefficient (Wildman–Crippen LogP) is 0.771. The van der Waals surface area contributed by atoms with Gasteiger partial charge in [-0.3, -0.25) is 4.79 Å². The molecule has 0 aliphatic carbocycles. The Kier molecular flexibility index (Phi) is 7.42. The van der Waals surface area contributed by atoms with Crippen molar-refractivity contribution in [2.24, 2.45) is 5.73 Å². The Labute approximate surface area is 124 Å². The average molecular weight is 294 g/mol. The molecule has 1 unspecified atom stereocenters. The molecule has 0 aromatic heterocycles. The van der Waals surface area contributed by atoms with E-state index in [0.29, 0.717) is 5.56 Å². The average Bonchev–Trinajstić information content (AvgIpc) is 2.51. The molecule has 1 amide bonds. The van der Waals surface area contributed by atoms with Gasteiger partial charge in [0.25, 0.3) is 0 Å². The first-order chi connectivity index (χ1) is 10.1. The van der Waals surface area contributed by atoms with Gasteiger partial charge in [0.05, 0.1) is 19.1 Å². The molecule has 0 bridgehead atoms. The van der Waals surface area contributed by atoms with Crippen LogP contribution in [0.5, 0.6) is 0 Å². The minimum absolute atomic E-state index is 0.0930. The summed E-state index contributed by atoms with van der Waals surface area (Å²) in [7, 11) is 1.49. The van der Waals surface area contributed by atoms with Crippen LogP contribution in [0.2, 0.25) is 0 Å². The fourth-order valence-corrected chi connectivity index (χ4v) is 1.84. The van der Waals surface area contributed by atoms with E-state index in [-0.39, 0.29) is 31.6 Å². The Morgan fingerprint density at radius 1 is 1.29 bits per heavy atom. The summed E-state index contributed by atoms with van der Waals surface area (Å²) in [5, 5.41) is 2.67. The van der Waals surface area contributed by atoms with Crippen LogP contribution in [0, 0.1) is 0 Å². The minimum Gasteiger partial charge on any atom is -0.464 e. The van der Waals surface area contributed by atoms with Gasteiger partial charge in [-0.1, -0.05) is 30.3 Å². The number of ether oxygens (including phenoxy) is 2. The van der Waals surface area contributed by atoms with Gasteiger partial charge in [-0.05, 0) is 12.5 Å². The molecule has 1 aromatic carbocycles. The highest BCUT2D eigenvalue weighted by atomic mass is 16.5. The SMILES string of the molecule is CCOC(=O)[C@H](NC(=O)CC(CN)OC)c1ccccc1. The van der Waals surface area contributed by atoms with Crippen molar-refractivity contribution < 1.29 is 19.1 Å². The van der Waals surface area contributed by atoms with E-state index in [0.717, 1.165) is 0 Å². The zero-order chi connectivity index (χ0) is 15.7. The molecule has 1 aromatic rings. The Morgan fingerprint density at radius 3 is 2.48 bits per heavy atom. The Hall–Kier alpha value is -1.92. The molecule has 0 fully saturated rings. The van der Waals surface area contributed by atoms with Crippen molar-refractivity contribution in [3.63, 3.8) is 0 Å². The molecule has 0 aliphatic heterocycles. The van der Waals surface area contributed by atoms with Gasteiger partial charge in [0.15, 0.2) is 6.04 Å². The Bertz CT molecular complexity index is 446. The van der Waals surface area contributed by atoms with Crippen molar-refractivity contribution in [2.45, 2.75) is 25.5 Å². The number of nitrogens with two attached hydrogens (primary N) is 1. The summed E-state index contributed by atoms with van der Waals surface area (Å²) < 4.78 is 10.1. The van der Waals surface area contributed by atoms with E-state index in [1.807, 2.05) is 6.07 Å². The molecule has 0 saturated carbocycles. The predicted molar refractivity (Wildman–Crippen MR) is 78.4 cm³/mol. The molecular weight excluding hydrogens is 272 g/mol. The van der Waals surface area contributed by atoms with Crippen LogP contribution in [-0.4, -0.2) is 38.2 Å². The smallest absolute Gasteiger partial charge is 0.333 e. The number of benzene rings is 1. The van der Waals surface area contributed by atoms with Gasteiger partial charge in [0, 0.05) is 13.7 Å². The summed E-state index contributed by atoms with van der Waals surface area (Å²) in [4.78, 5) is 24.0. The van der Waals surface area contributed by atoms with Crippen LogP contribution in [0.25, 0.3) is 0 Å². The van der Waals surface area contributed by atoms with Crippen molar-refractivity contribution in [3.05, 3.63) is 35.9 Å². The molecule has 0 heterocycles. The second kappa shape index (κ2) is 9.10. The van der Waals surface area contributed by atoms with Gasteiger partial charge in [-0.15, -0.1) is 0 Å². The third kappa shape index (κ3) is 5.53. The van der Waals surface area contributed by atoms with Crippen LogP contribution in [0.1, 0.15) is 24.9 Å². The van der Waals surface area contributed by atoms with Crippen LogP contribution < -0.4 is 11.1 Å². The van der Waals surface area contributed by atoms with Crippen LogP contribution in [-0.2, 0) is 19.1 Å². The zero-order valence-electron chi connectivity index (χ0n) is 12.4. The highest BCUT2D eigenvalue weighted by Crippen LogP contribution is 2.15. The van der Waals surface area contributed by atoms with E-state index >= 15 is 0 Å². The van der Waals surface area contributed by atoms with Crippen LogP contribution in [0.15, 0.2) is 30.3 Å². The molecule has 1 rings (SSSR count). The molecule has 6 heteroatoms. The molecule has 2 atom stereocenters. The largest absolute Gasteiger partial charge is 0.464 e. The second-order valence-electron chi connectivity index (χ2n) is 4.46. The van der Waals surface area contributed by atoms with E-state index in [9.17, 15) is 9.59 Å². The molecule has 21 heavy (non-hydrogen) atoms. The summed E-state index contributed by atoms with van der Waals surface area (Å²) in [6.07, 6.45) is -0.279. The van der Waals surface area contributed by atoms with E-state index in [1.165, 1.54) is 7.11 Å². The number of carbonyl (C=O) groups is 2. The van der Waals surface area contributed by atoms with Gasteiger partial charge < -0.3 is 20.5 Å². The first kappa shape index (κ1) is 17.1. The number of methoxy groups -OCH3 is 1. The molecular formula is C15H22N2O4. The third-order valence-corrected chi connectivity index (χ3v) is 2.97. The Morgan fingerprint density at radius 2 is 1.95 bits per heavy atom. The van der Waals surface area contributed by atoms with Crippen molar-refractivity contribution >= 4 is 11.9 Å². The van der Waals surface area contributed by atoms with E-state index in [4.69, 9.17) is 15.2 Å². The molecule has 0 radical (unpaired) electrons. The second-order valence-corrected chi connectivity index (χ2v) is 4.46. The van der Waals surface area contributed by atoms with Crippen molar-refractivity contribution in [1.29, 1.82) is 0 Å². The van der Waals surface area contributed by atoms with E-state index < -0.39 is 12.0 Å². The first-order valence-corrected chi connectivity index (χ1v) is 6.86. The van der Waals surface area contributed by atoms with Crippen LogP contribution in [0.4, 0.5) is 0 Å². The maximum atomic E-state index is 12.0.